The van der Waals surface area contributed by atoms with Crippen LogP contribution in [-0.4, -0.2) is 49.9 Å². The number of halogens is 3. The SMILES string of the molecule is CCCC[C@H](NC(=O)O[C@@H](Cn1ccc(-c2ccc(C(F)(F)F)cc2)n1)C(C)(C)C)C(=O)C(=O)Nc1ccn[nH]1. The van der Waals surface area contributed by atoms with Crippen molar-refractivity contribution in [2.75, 3.05) is 5.32 Å². The zero-order valence-electron chi connectivity index (χ0n) is 22.7. The summed E-state index contributed by atoms with van der Waals surface area (Å²) in [6, 6.07) is 6.72. The molecule has 0 aliphatic rings. The third-order valence-corrected chi connectivity index (χ3v) is 6.14. The lowest BCUT2D eigenvalue weighted by Crippen LogP contribution is -2.48. The van der Waals surface area contributed by atoms with Gasteiger partial charge in [0.15, 0.2) is 0 Å². The van der Waals surface area contributed by atoms with Gasteiger partial charge in [0.05, 0.1) is 24.0 Å². The van der Waals surface area contributed by atoms with E-state index >= 15 is 0 Å². The van der Waals surface area contributed by atoms with Crippen molar-refractivity contribution in [3.63, 3.8) is 0 Å². The maximum Gasteiger partial charge on any atom is 0.416 e. The molecule has 3 N–H and O–H groups in total. The predicted molar refractivity (Wildman–Crippen MR) is 141 cm³/mol. The fourth-order valence-corrected chi connectivity index (χ4v) is 3.76. The molecule has 0 aliphatic carbocycles. The van der Waals surface area contributed by atoms with E-state index in [1.165, 1.54) is 29.1 Å². The minimum atomic E-state index is -4.43. The molecule has 0 saturated heterocycles. The van der Waals surface area contributed by atoms with Gasteiger partial charge in [-0.1, -0.05) is 52.7 Å². The van der Waals surface area contributed by atoms with Crippen LogP contribution in [0.3, 0.4) is 0 Å². The third-order valence-electron chi connectivity index (χ3n) is 6.14. The highest BCUT2D eigenvalue weighted by Crippen LogP contribution is 2.31. The number of carbonyl (C=O) groups excluding carboxylic acids is 3. The van der Waals surface area contributed by atoms with Crippen molar-refractivity contribution in [2.45, 2.75) is 71.8 Å². The molecule has 0 bridgehead atoms. The van der Waals surface area contributed by atoms with Crippen LogP contribution in [0.1, 0.15) is 52.5 Å². The van der Waals surface area contributed by atoms with Crippen molar-refractivity contribution >= 4 is 23.6 Å². The Bertz CT molecular complexity index is 1280. The van der Waals surface area contributed by atoms with Crippen LogP contribution in [0, 0.1) is 5.41 Å². The number of aromatic nitrogens is 4. The second-order valence-corrected chi connectivity index (χ2v) is 10.4. The number of anilines is 1. The van der Waals surface area contributed by atoms with Gasteiger partial charge in [-0.05, 0) is 24.6 Å². The molecule has 0 unspecified atom stereocenters. The average molecular weight is 563 g/mol. The normalized spacial score (nSPS) is 13.4. The molecule has 3 aromatic rings. The first kappa shape index (κ1) is 30.4. The molecule has 0 aliphatic heterocycles. The number of Topliss-reactive ketones (excluding diaryl/α,β-unsaturated/α-hetero) is 1. The van der Waals surface area contributed by atoms with Crippen LogP contribution in [0.5, 0.6) is 0 Å². The van der Waals surface area contributed by atoms with Crippen molar-refractivity contribution in [2.24, 2.45) is 5.41 Å². The molecule has 1 aromatic carbocycles. The van der Waals surface area contributed by atoms with Crippen LogP contribution in [0.4, 0.5) is 23.8 Å². The summed E-state index contributed by atoms with van der Waals surface area (Å²) in [4.78, 5) is 38.1. The molecule has 2 heterocycles. The van der Waals surface area contributed by atoms with Gasteiger partial charge in [0.2, 0.25) is 5.78 Å². The first-order valence-electron chi connectivity index (χ1n) is 12.8. The number of benzene rings is 1. The summed E-state index contributed by atoms with van der Waals surface area (Å²) in [6.45, 7) is 7.66. The van der Waals surface area contributed by atoms with E-state index < -0.39 is 47.1 Å². The van der Waals surface area contributed by atoms with Crippen LogP contribution in [0.15, 0.2) is 48.8 Å². The van der Waals surface area contributed by atoms with Gasteiger partial charge in [-0.25, -0.2) is 4.79 Å². The maximum atomic E-state index is 12.9. The number of rotatable bonds is 11. The highest BCUT2D eigenvalue weighted by molar-refractivity contribution is 6.42. The standard InChI is InChI=1S/C27H33F3N6O4/c1-5-6-7-20(23(37)24(38)33-22-12-14-31-34-22)32-25(39)40-21(26(2,3)4)16-36-15-13-19(35-36)17-8-10-18(11-9-17)27(28,29)30/h8-15,20-21H,5-7,16H2,1-4H3,(H,32,39)(H2,31,33,34,38)/t20-,21-/m0/s1. The fourth-order valence-electron chi connectivity index (χ4n) is 3.76. The zero-order valence-corrected chi connectivity index (χ0v) is 22.7. The number of H-pyrrole nitrogens is 1. The van der Waals surface area contributed by atoms with E-state index in [9.17, 15) is 27.6 Å². The molecule has 0 saturated carbocycles. The van der Waals surface area contributed by atoms with Crippen molar-refractivity contribution in [1.29, 1.82) is 0 Å². The summed E-state index contributed by atoms with van der Waals surface area (Å²) in [5.41, 5.74) is -0.334. The van der Waals surface area contributed by atoms with Gasteiger partial charge in [-0.3, -0.25) is 19.4 Å². The third kappa shape index (κ3) is 8.42. The van der Waals surface area contributed by atoms with Crippen molar-refractivity contribution in [1.82, 2.24) is 25.3 Å². The average Bonchev–Trinajstić information content (AvgIpc) is 3.57. The Morgan fingerprint density at radius 2 is 1.77 bits per heavy atom. The number of hydrogen-bond acceptors (Lipinski definition) is 6. The van der Waals surface area contributed by atoms with Gasteiger partial charge in [-0.15, -0.1) is 0 Å². The Balaban J connectivity index is 1.68. The van der Waals surface area contributed by atoms with E-state index in [1.54, 1.807) is 12.3 Å². The molecule has 0 radical (unpaired) electrons. The Morgan fingerprint density at radius 1 is 1.07 bits per heavy atom. The monoisotopic (exact) mass is 562 g/mol. The van der Waals surface area contributed by atoms with E-state index in [2.05, 4.69) is 25.9 Å². The summed E-state index contributed by atoms with van der Waals surface area (Å²) >= 11 is 0. The van der Waals surface area contributed by atoms with E-state index in [0.29, 0.717) is 17.7 Å². The number of nitrogens with one attached hydrogen (secondary N) is 3. The Labute approximate surface area is 229 Å². The van der Waals surface area contributed by atoms with Gasteiger partial charge < -0.3 is 15.4 Å². The number of ketones is 1. The lowest BCUT2D eigenvalue weighted by Gasteiger charge is -2.30. The predicted octanol–water partition coefficient (Wildman–Crippen LogP) is 5.20. The number of alkyl halides is 3. The maximum absolute atomic E-state index is 12.9. The number of ether oxygens (including phenoxy) is 1. The van der Waals surface area contributed by atoms with Crippen LogP contribution < -0.4 is 10.6 Å². The molecule has 2 atom stereocenters. The van der Waals surface area contributed by atoms with Crippen molar-refractivity contribution in [3.05, 3.63) is 54.4 Å². The number of unbranched alkanes of at least 4 members (excludes halogenated alkanes) is 1. The first-order chi connectivity index (χ1) is 18.8. The molecule has 40 heavy (non-hydrogen) atoms. The summed E-state index contributed by atoms with van der Waals surface area (Å²) in [7, 11) is 0. The van der Waals surface area contributed by atoms with Crippen LogP contribution >= 0.6 is 0 Å². The van der Waals surface area contributed by atoms with Gasteiger partial charge in [0, 0.05) is 23.2 Å². The molecule has 2 amide bonds. The summed E-state index contributed by atoms with van der Waals surface area (Å²) in [5.74, 6) is -1.47. The minimum absolute atomic E-state index is 0.144. The molecular weight excluding hydrogens is 529 g/mol. The van der Waals surface area contributed by atoms with E-state index in [-0.39, 0.29) is 18.8 Å². The number of carbonyl (C=O) groups is 3. The van der Waals surface area contributed by atoms with Gasteiger partial charge in [-0.2, -0.15) is 23.4 Å². The number of hydrogen-bond donors (Lipinski definition) is 3. The molecular formula is C27H33F3N6O4. The molecule has 10 nitrogen and oxygen atoms in total. The second kappa shape index (κ2) is 12.8. The minimum Gasteiger partial charge on any atom is -0.444 e. The summed E-state index contributed by atoms with van der Waals surface area (Å²) < 4.78 is 45.9. The molecule has 0 fully saturated rings. The lowest BCUT2D eigenvalue weighted by molar-refractivity contribution is -0.137. The largest absolute Gasteiger partial charge is 0.444 e. The van der Waals surface area contributed by atoms with Gasteiger partial charge >= 0.3 is 12.3 Å². The second-order valence-electron chi connectivity index (χ2n) is 10.4. The van der Waals surface area contributed by atoms with Crippen molar-refractivity contribution < 1.29 is 32.3 Å². The quantitative estimate of drug-likeness (QED) is 0.276. The zero-order chi connectivity index (χ0) is 29.5. The molecule has 0 spiro atoms. The van der Waals surface area contributed by atoms with Crippen LogP contribution in [0.2, 0.25) is 0 Å². The molecule has 13 heteroatoms. The highest BCUT2D eigenvalue weighted by atomic mass is 19.4. The summed E-state index contributed by atoms with van der Waals surface area (Å²) in [5, 5.41) is 15.6. The Hall–Kier alpha value is -4.16. The highest BCUT2D eigenvalue weighted by Gasteiger charge is 2.33. The topological polar surface area (TPSA) is 131 Å². The molecule has 2 aromatic heterocycles. The lowest BCUT2D eigenvalue weighted by atomic mass is 9.89. The number of alkyl carbamates (subject to hydrolysis) is 1. The number of amides is 2. The number of aromatic amines is 1. The molecule has 3 rings (SSSR count). The Morgan fingerprint density at radius 3 is 2.35 bits per heavy atom. The van der Waals surface area contributed by atoms with E-state index in [0.717, 1.165) is 18.6 Å². The first-order valence-corrected chi connectivity index (χ1v) is 12.8. The van der Waals surface area contributed by atoms with E-state index in [1.807, 2.05) is 27.7 Å². The summed E-state index contributed by atoms with van der Waals surface area (Å²) in [6.07, 6.45) is -1.35. The smallest absolute Gasteiger partial charge is 0.416 e. The number of nitrogens with zero attached hydrogens (tertiary/aromatic N) is 3. The van der Waals surface area contributed by atoms with Gasteiger partial charge in [0.1, 0.15) is 18.0 Å². The van der Waals surface area contributed by atoms with Gasteiger partial charge in [0.25, 0.3) is 5.91 Å². The van der Waals surface area contributed by atoms with Crippen LogP contribution in [-0.2, 0) is 27.0 Å². The molecule has 216 valence electrons. The fraction of sp³-hybridized carbons (Fsp3) is 0.444. The Kier molecular flexibility index (Phi) is 9.72. The van der Waals surface area contributed by atoms with Crippen LogP contribution in [0.25, 0.3) is 11.3 Å². The van der Waals surface area contributed by atoms with E-state index in [4.69, 9.17) is 4.74 Å². The van der Waals surface area contributed by atoms with Crippen molar-refractivity contribution in [3.8, 4) is 11.3 Å².